The molecule has 1 saturated heterocycles. The van der Waals surface area contributed by atoms with Crippen LogP contribution < -0.4 is 4.90 Å². The Morgan fingerprint density at radius 3 is 2.44 bits per heavy atom. The van der Waals surface area contributed by atoms with Gasteiger partial charge in [-0.2, -0.15) is 0 Å². The number of carbonyl (C=O) groups excluding carboxylic acids is 1. The van der Waals surface area contributed by atoms with Crippen LogP contribution in [0, 0.1) is 5.92 Å². The molecule has 0 radical (unpaired) electrons. The Morgan fingerprint density at radius 1 is 1.07 bits per heavy atom. The predicted molar refractivity (Wildman–Crippen MR) is 171 cm³/mol. The summed E-state index contributed by atoms with van der Waals surface area (Å²) in [6.45, 7) is 6.80. The molecule has 2 aliphatic heterocycles. The van der Waals surface area contributed by atoms with Gasteiger partial charge in [0, 0.05) is 34.2 Å². The third-order valence-electron chi connectivity index (χ3n) is 9.07. The molecule has 1 fully saturated rings. The number of aryl methyl sites for hydroxylation is 1. The number of ether oxygens (including phenoxy) is 1. The van der Waals surface area contributed by atoms with Crippen LogP contribution >= 0.6 is 15.9 Å². The van der Waals surface area contributed by atoms with Crippen molar-refractivity contribution in [3.05, 3.63) is 112 Å². The van der Waals surface area contributed by atoms with Gasteiger partial charge in [-0.1, -0.05) is 88.7 Å². The number of hydrogen-bond donors (Lipinski definition) is 2. The van der Waals surface area contributed by atoms with E-state index in [2.05, 4.69) is 33.2 Å². The summed E-state index contributed by atoms with van der Waals surface area (Å²) in [5.41, 5.74) is 3.02. The van der Waals surface area contributed by atoms with Gasteiger partial charge in [-0.15, -0.1) is 5.10 Å². The molecule has 43 heavy (non-hydrogen) atoms. The van der Waals surface area contributed by atoms with E-state index < -0.39 is 13.9 Å². The number of aliphatic hydroxyl groups excluding tert-OH is 1. The average Bonchev–Trinajstić information content (AvgIpc) is 3.64. The molecule has 3 heterocycles. The molecule has 1 unspecified atom stereocenters. The molecule has 1 spiro atoms. The SMILES string of the molecule is C[C@H]1[C@H]([Si](C)(C)O)[C@@H](CCn2cc(C(CO)c3ccccc3)nn2)O[C@]12C(=O)N(Cc1ccccc1)c1ccc(Br)cc12. The monoisotopic (exact) mass is 660 g/mol. The fraction of sp³-hybridized carbons (Fsp3) is 0.364. The number of rotatable bonds is 9. The smallest absolute Gasteiger partial charge is 0.264 e. The quantitative estimate of drug-likeness (QED) is 0.227. The average molecular weight is 662 g/mol. The Morgan fingerprint density at radius 2 is 1.77 bits per heavy atom. The molecule has 3 aromatic carbocycles. The van der Waals surface area contributed by atoms with Crippen molar-refractivity contribution in [1.29, 1.82) is 0 Å². The number of halogens is 1. The normalized spacial score (nSPS) is 24.1. The Bertz CT molecular complexity index is 1600. The number of fused-ring (bicyclic) bond motifs is 2. The van der Waals surface area contributed by atoms with E-state index in [0.717, 1.165) is 26.9 Å². The molecule has 8 nitrogen and oxygen atoms in total. The lowest BCUT2D eigenvalue weighted by Gasteiger charge is -2.32. The minimum atomic E-state index is -2.79. The molecule has 224 valence electrons. The lowest BCUT2D eigenvalue weighted by Crippen LogP contribution is -2.46. The lowest BCUT2D eigenvalue weighted by atomic mass is 9.82. The summed E-state index contributed by atoms with van der Waals surface area (Å²) in [7, 11) is -2.79. The molecule has 2 aliphatic rings. The van der Waals surface area contributed by atoms with Crippen LogP contribution in [0.25, 0.3) is 0 Å². The van der Waals surface area contributed by atoms with Crippen molar-refractivity contribution in [3.8, 4) is 0 Å². The fourth-order valence-corrected chi connectivity index (χ4v) is 10.1. The Balaban J connectivity index is 1.30. The first-order chi connectivity index (χ1) is 20.6. The maximum atomic E-state index is 14.5. The standard InChI is InChI=1S/C33H37BrN4O4Si/c1-22-31(43(2,3)41)30(16-17-37-20-28(35-36-37)26(21-39)24-12-8-5-9-13-24)42-33(22)27-18-25(34)14-15-29(27)38(32(33)40)19-23-10-6-4-7-11-23/h4-15,18,20,22,26,30-31,39,41H,16-17,19,21H2,1-3H3/t22-,26?,30+,31-,33+/m0/s1. The first-order valence-corrected chi connectivity index (χ1v) is 18.6. The van der Waals surface area contributed by atoms with E-state index in [4.69, 9.17) is 4.74 Å². The van der Waals surface area contributed by atoms with Crippen molar-refractivity contribution >= 4 is 35.8 Å². The van der Waals surface area contributed by atoms with Gasteiger partial charge in [0.2, 0.25) is 0 Å². The van der Waals surface area contributed by atoms with Crippen LogP contribution in [0.2, 0.25) is 18.6 Å². The van der Waals surface area contributed by atoms with Crippen LogP contribution in [0.4, 0.5) is 5.69 Å². The van der Waals surface area contributed by atoms with Crippen molar-refractivity contribution in [2.45, 2.75) is 62.7 Å². The molecule has 2 N–H and O–H groups in total. The topological polar surface area (TPSA) is 101 Å². The molecule has 0 aliphatic carbocycles. The van der Waals surface area contributed by atoms with Gasteiger partial charge in [-0.25, -0.2) is 0 Å². The molecular formula is C33H37BrN4O4Si. The second-order valence-electron chi connectivity index (χ2n) is 12.2. The van der Waals surface area contributed by atoms with E-state index in [1.54, 1.807) is 4.68 Å². The molecule has 6 rings (SSSR count). The van der Waals surface area contributed by atoms with Crippen LogP contribution in [-0.2, 0) is 28.2 Å². The predicted octanol–water partition coefficient (Wildman–Crippen LogP) is 5.60. The van der Waals surface area contributed by atoms with Crippen molar-refractivity contribution in [2.24, 2.45) is 5.92 Å². The van der Waals surface area contributed by atoms with E-state index in [1.807, 2.05) is 103 Å². The zero-order chi connectivity index (χ0) is 30.4. The van der Waals surface area contributed by atoms with Gasteiger partial charge in [0.1, 0.15) is 0 Å². The van der Waals surface area contributed by atoms with Crippen LogP contribution in [-0.4, -0.2) is 51.8 Å². The summed E-state index contributed by atoms with van der Waals surface area (Å²) in [6, 6.07) is 25.7. The minimum absolute atomic E-state index is 0.0720. The van der Waals surface area contributed by atoms with Gasteiger partial charge in [0.15, 0.2) is 13.9 Å². The molecule has 0 saturated carbocycles. The Labute approximate surface area is 261 Å². The maximum absolute atomic E-state index is 14.5. The van der Waals surface area contributed by atoms with Crippen LogP contribution in [0.1, 0.15) is 41.6 Å². The third-order valence-corrected chi connectivity index (χ3v) is 12.1. The van der Waals surface area contributed by atoms with E-state index in [1.165, 1.54) is 0 Å². The van der Waals surface area contributed by atoms with Gasteiger partial charge in [-0.3, -0.25) is 9.48 Å². The number of amides is 1. The molecular weight excluding hydrogens is 624 g/mol. The molecule has 5 atom stereocenters. The van der Waals surface area contributed by atoms with Gasteiger partial charge in [0.05, 0.1) is 36.6 Å². The van der Waals surface area contributed by atoms with Gasteiger partial charge in [0.25, 0.3) is 5.91 Å². The second-order valence-corrected chi connectivity index (χ2v) is 17.1. The molecule has 0 bridgehead atoms. The third kappa shape index (κ3) is 5.40. The molecule has 10 heteroatoms. The lowest BCUT2D eigenvalue weighted by molar-refractivity contribution is -0.146. The summed E-state index contributed by atoms with van der Waals surface area (Å²) >= 11 is 3.63. The van der Waals surface area contributed by atoms with Crippen LogP contribution in [0.5, 0.6) is 0 Å². The summed E-state index contributed by atoms with van der Waals surface area (Å²) in [4.78, 5) is 27.9. The first-order valence-electron chi connectivity index (χ1n) is 14.8. The van der Waals surface area contributed by atoms with E-state index >= 15 is 0 Å². The highest BCUT2D eigenvalue weighted by atomic mass is 79.9. The largest absolute Gasteiger partial charge is 0.432 e. The number of nitrogens with zero attached hydrogens (tertiary/aromatic N) is 4. The summed E-state index contributed by atoms with van der Waals surface area (Å²) in [6.07, 6.45) is 2.07. The highest BCUT2D eigenvalue weighted by Gasteiger charge is 2.66. The zero-order valence-electron chi connectivity index (χ0n) is 24.6. The Kier molecular flexibility index (Phi) is 8.16. The van der Waals surface area contributed by atoms with Crippen molar-refractivity contribution in [1.82, 2.24) is 15.0 Å². The Hall–Kier alpha value is -3.15. The number of benzene rings is 3. The summed E-state index contributed by atoms with van der Waals surface area (Å²) in [5, 5.41) is 18.8. The van der Waals surface area contributed by atoms with E-state index in [0.29, 0.717) is 25.2 Å². The molecule has 1 aromatic heterocycles. The minimum Gasteiger partial charge on any atom is -0.432 e. The highest BCUT2D eigenvalue weighted by Crippen LogP contribution is 2.60. The second kappa shape index (κ2) is 11.7. The highest BCUT2D eigenvalue weighted by molar-refractivity contribution is 9.10. The van der Waals surface area contributed by atoms with E-state index in [9.17, 15) is 14.7 Å². The number of aromatic nitrogens is 3. The van der Waals surface area contributed by atoms with Crippen LogP contribution in [0.3, 0.4) is 0 Å². The van der Waals surface area contributed by atoms with Crippen molar-refractivity contribution in [2.75, 3.05) is 11.5 Å². The number of hydrogen-bond acceptors (Lipinski definition) is 6. The fourth-order valence-electron chi connectivity index (χ4n) is 7.14. The maximum Gasteiger partial charge on any atom is 0.264 e. The first kappa shape index (κ1) is 29.9. The summed E-state index contributed by atoms with van der Waals surface area (Å²) < 4.78 is 9.60. The number of anilines is 1. The molecule has 1 amide bonds. The zero-order valence-corrected chi connectivity index (χ0v) is 27.2. The van der Waals surface area contributed by atoms with Crippen molar-refractivity contribution in [3.63, 3.8) is 0 Å². The van der Waals surface area contributed by atoms with Crippen molar-refractivity contribution < 1.29 is 19.4 Å². The number of aliphatic hydroxyl groups is 1. The van der Waals surface area contributed by atoms with Gasteiger partial charge >= 0.3 is 0 Å². The molecule has 4 aromatic rings. The van der Waals surface area contributed by atoms with E-state index in [-0.39, 0.29) is 36.0 Å². The summed E-state index contributed by atoms with van der Waals surface area (Å²) in [5.74, 6) is -0.591. The van der Waals surface area contributed by atoms with Crippen LogP contribution in [0.15, 0.2) is 89.5 Å². The number of carbonyl (C=O) groups is 1. The van der Waals surface area contributed by atoms with Gasteiger partial charge in [-0.05, 0) is 48.8 Å². The van der Waals surface area contributed by atoms with Gasteiger partial charge < -0.3 is 19.5 Å².